The highest BCUT2D eigenvalue weighted by Gasteiger charge is 2.06. The van der Waals surface area contributed by atoms with Crippen molar-refractivity contribution in [3.63, 3.8) is 0 Å². The van der Waals surface area contributed by atoms with Crippen LogP contribution in [0.2, 0.25) is 5.02 Å². The Morgan fingerprint density at radius 1 is 1.47 bits per heavy atom. The molecule has 0 saturated heterocycles. The van der Waals surface area contributed by atoms with E-state index in [0.29, 0.717) is 12.5 Å². The van der Waals surface area contributed by atoms with Gasteiger partial charge in [-0.1, -0.05) is 11.6 Å². The van der Waals surface area contributed by atoms with E-state index in [-0.39, 0.29) is 10.8 Å². The van der Waals surface area contributed by atoms with Crippen molar-refractivity contribution >= 4 is 17.4 Å². The van der Waals surface area contributed by atoms with Crippen LogP contribution in [0.5, 0.6) is 5.88 Å². The second-order valence-corrected chi connectivity index (χ2v) is 3.76. The predicted octanol–water partition coefficient (Wildman–Crippen LogP) is 1.04. The van der Waals surface area contributed by atoms with Gasteiger partial charge in [-0.15, -0.1) is 0 Å². The predicted molar refractivity (Wildman–Crippen MR) is 60.1 cm³/mol. The van der Waals surface area contributed by atoms with Gasteiger partial charge in [-0.25, -0.2) is 9.97 Å². The molecular weight excluding hydrogens is 216 g/mol. The van der Waals surface area contributed by atoms with Gasteiger partial charge in [0.2, 0.25) is 5.88 Å². The first-order valence-electron chi connectivity index (χ1n) is 4.64. The highest BCUT2D eigenvalue weighted by atomic mass is 35.5. The summed E-state index contributed by atoms with van der Waals surface area (Å²) >= 11 is 5.85. The minimum absolute atomic E-state index is 0.245. The van der Waals surface area contributed by atoms with E-state index >= 15 is 0 Å². The van der Waals surface area contributed by atoms with Crippen molar-refractivity contribution in [2.75, 3.05) is 33.0 Å². The summed E-state index contributed by atoms with van der Waals surface area (Å²) in [5.41, 5.74) is 5.50. The molecule has 0 atom stereocenters. The van der Waals surface area contributed by atoms with Crippen molar-refractivity contribution in [2.45, 2.75) is 6.42 Å². The van der Waals surface area contributed by atoms with E-state index < -0.39 is 0 Å². The van der Waals surface area contributed by atoms with Crippen LogP contribution in [0, 0.1) is 0 Å². The van der Waals surface area contributed by atoms with Crippen LogP contribution in [0.25, 0.3) is 0 Å². The van der Waals surface area contributed by atoms with Gasteiger partial charge in [-0.05, 0) is 20.5 Å². The van der Waals surface area contributed by atoms with Crippen molar-refractivity contribution in [1.82, 2.24) is 14.9 Å². The lowest BCUT2D eigenvalue weighted by Crippen LogP contribution is -2.15. The zero-order valence-electron chi connectivity index (χ0n) is 8.90. The molecule has 5 nitrogen and oxygen atoms in total. The molecule has 1 rings (SSSR count). The molecule has 0 aliphatic carbocycles. The summed E-state index contributed by atoms with van der Waals surface area (Å²) in [4.78, 5) is 9.72. The summed E-state index contributed by atoms with van der Waals surface area (Å²) in [5.74, 6) is 0.595. The fourth-order valence-electron chi connectivity index (χ4n) is 1.02. The van der Waals surface area contributed by atoms with Crippen molar-refractivity contribution < 1.29 is 4.74 Å². The number of nitrogen functional groups attached to an aromatic ring is 1. The number of ether oxygens (including phenoxy) is 1. The summed E-state index contributed by atoms with van der Waals surface area (Å²) in [6.45, 7) is 1.52. The largest absolute Gasteiger partial charge is 0.476 e. The van der Waals surface area contributed by atoms with Crippen LogP contribution >= 0.6 is 11.6 Å². The molecular formula is C9H15ClN4O. The Kier molecular flexibility index (Phi) is 4.58. The van der Waals surface area contributed by atoms with E-state index in [0.717, 1.165) is 13.0 Å². The zero-order valence-corrected chi connectivity index (χ0v) is 9.66. The van der Waals surface area contributed by atoms with Gasteiger partial charge < -0.3 is 15.4 Å². The number of rotatable bonds is 5. The molecule has 2 N–H and O–H groups in total. The SMILES string of the molecule is CN(C)CCCOc1ncnc(N)c1Cl. The van der Waals surface area contributed by atoms with E-state index in [1.54, 1.807) is 0 Å². The standard InChI is InChI=1S/C9H15ClN4O/c1-14(2)4-3-5-15-9-7(10)8(11)12-6-13-9/h6H,3-5H2,1-2H3,(H2,11,12,13). The fraction of sp³-hybridized carbons (Fsp3) is 0.556. The maximum Gasteiger partial charge on any atom is 0.237 e. The molecule has 0 amide bonds. The van der Waals surface area contributed by atoms with Gasteiger partial charge in [0.25, 0.3) is 0 Å². The molecule has 0 aliphatic heterocycles. The van der Waals surface area contributed by atoms with Crippen LogP contribution in [0.1, 0.15) is 6.42 Å². The first-order chi connectivity index (χ1) is 7.11. The van der Waals surface area contributed by atoms with Gasteiger partial charge >= 0.3 is 0 Å². The number of halogens is 1. The molecule has 0 spiro atoms. The molecule has 84 valence electrons. The highest BCUT2D eigenvalue weighted by molar-refractivity contribution is 6.33. The maximum absolute atomic E-state index is 5.85. The Morgan fingerprint density at radius 3 is 2.87 bits per heavy atom. The topological polar surface area (TPSA) is 64.3 Å². The Labute approximate surface area is 94.2 Å². The van der Waals surface area contributed by atoms with Gasteiger partial charge in [-0.3, -0.25) is 0 Å². The molecule has 0 aromatic carbocycles. The molecule has 0 aliphatic rings. The first-order valence-corrected chi connectivity index (χ1v) is 5.02. The van der Waals surface area contributed by atoms with Crippen molar-refractivity contribution in [1.29, 1.82) is 0 Å². The molecule has 0 saturated carbocycles. The molecule has 1 aromatic heterocycles. The first kappa shape index (κ1) is 12.0. The number of nitrogens with two attached hydrogens (primary N) is 1. The van der Waals surface area contributed by atoms with Crippen molar-refractivity contribution in [3.05, 3.63) is 11.3 Å². The number of hydrogen-bond donors (Lipinski definition) is 1. The lowest BCUT2D eigenvalue weighted by atomic mass is 10.4. The molecule has 15 heavy (non-hydrogen) atoms. The van der Waals surface area contributed by atoms with Crippen molar-refractivity contribution in [3.8, 4) is 5.88 Å². The Morgan fingerprint density at radius 2 is 2.20 bits per heavy atom. The van der Waals surface area contributed by atoms with Crippen LogP contribution in [0.4, 0.5) is 5.82 Å². The average Bonchev–Trinajstić information content (AvgIpc) is 2.18. The lowest BCUT2D eigenvalue weighted by molar-refractivity contribution is 0.273. The monoisotopic (exact) mass is 230 g/mol. The number of aromatic nitrogens is 2. The molecule has 0 unspecified atom stereocenters. The highest BCUT2D eigenvalue weighted by Crippen LogP contribution is 2.25. The lowest BCUT2D eigenvalue weighted by Gasteiger charge is -2.10. The number of hydrogen-bond acceptors (Lipinski definition) is 5. The second kappa shape index (κ2) is 5.72. The summed E-state index contributed by atoms with van der Waals surface area (Å²) in [7, 11) is 4.02. The van der Waals surface area contributed by atoms with Crippen LogP contribution in [-0.4, -0.2) is 42.1 Å². The van der Waals surface area contributed by atoms with Gasteiger partial charge in [-0.2, -0.15) is 0 Å². The van der Waals surface area contributed by atoms with Crippen LogP contribution in [-0.2, 0) is 0 Å². The second-order valence-electron chi connectivity index (χ2n) is 3.38. The van der Waals surface area contributed by atoms with Crippen LogP contribution in [0.3, 0.4) is 0 Å². The Bertz CT molecular complexity index is 319. The molecule has 0 bridgehead atoms. The van der Waals surface area contributed by atoms with E-state index in [4.69, 9.17) is 22.1 Å². The fourth-order valence-corrected chi connectivity index (χ4v) is 1.17. The normalized spacial score (nSPS) is 10.7. The summed E-state index contributed by atoms with van der Waals surface area (Å²) in [5, 5.41) is 0.280. The average molecular weight is 231 g/mol. The third kappa shape index (κ3) is 3.89. The molecule has 0 fully saturated rings. The molecule has 6 heteroatoms. The van der Waals surface area contributed by atoms with Gasteiger partial charge in [0.15, 0.2) is 0 Å². The number of nitrogens with zero attached hydrogens (tertiary/aromatic N) is 3. The minimum atomic E-state index is 0.245. The van der Waals surface area contributed by atoms with E-state index in [2.05, 4.69) is 14.9 Å². The van der Waals surface area contributed by atoms with Gasteiger partial charge in [0.05, 0.1) is 6.61 Å². The zero-order chi connectivity index (χ0) is 11.3. The Balaban J connectivity index is 2.41. The summed E-state index contributed by atoms with van der Waals surface area (Å²) < 4.78 is 5.38. The van der Waals surface area contributed by atoms with Gasteiger partial charge in [0, 0.05) is 6.54 Å². The third-order valence-corrected chi connectivity index (χ3v) is 2.13. The molecule has 1 heterocycles. The number of anilines is 1. The smallest absolute Gasteiger partial charge is 0.237 e. The Hall–Kier alpha value is -1.07. The van der Waals surface area contributed by atoms with Crippen molar-refractivity contribution in [2.24, 2.45) is 0 Å². The summed E-state index contributed by atoms with van der Waals surface area (Å²) in [6.07, 6.45) is 2.25. The third-order valence-electron chi connectivity index (χ3n) is 1.77. The van der Waals surface area contributed by atoms with E-state index in [1.807, 2.05) is 14.1 Å². The van der Waals surface area contributed by atoms with Crippen LogP contribution < -0.4 is 10.5 Å². The van der Waals surface area contributed by atoms with Crippen LogP contribution in [0.15, 0.2) is 6.33 Å². The minimum Gasteiger partial charge on any atom is -0.476 e. The van der Waals surface area contributed by atoms with Gasteiger partial charge in [0.1, 0.15) is 17.2 Å². The van der Waals surface area contributed by atoms with E-state index in [9.17, 15) is 0 Å². The quantitative estimate of drug-likeness (QED) is 0.766. The van der Waals surface area contributed by atoms with E-state index in [1.165, 1.54) is 6.33 Å². The maximum atomic E-state index is 5.85. The summed E-state index contributed by atoms with van der Waals surface area (Å²) in [6, 6.07) is 0. The molecule has 0 radical (unpaired) electrons. The molecule has 1 aromatic rings.